The van der Waals surface area contributed by atoms with Crippen LogP contribution in [-0.2, 0) is 4.79 Å². The van der Waals surface area contributed by atoms with Gasteiger partial charge in [0.1, 0.15) is 0 Å². The van der Waals surface area contributed by atoms with Crippen molar-refractivity contribution in [3.63, 3.8) is 0 Å². The number of halogens is 2. The Morgan fingerprint density at radius 1 is 1.35 bits per heavy atom. The Labute approximate surface area is 140 Å². The predicted molar refractivity (Wildman–Crippen MR) is 80.6 cm³/mol. The Balaban J connectivity index is 1.95. The van der Waals surface area contributed by atoms with Crippen molar-refractivity contribution in [2.45, 2.75) is 14.4 Å². The number of phenolic OH excluding ortho intramolecular Hbond substituents is 1. The molecule has 20 heavy (non-hydrogen) atoms. The van der Waals surface area contributed by atoms with Crippen molar-refractivity contribution in [2.24, 2.45) is 0 Å². The van der Waals surface area contributed by atoms with Crippen molar-refractivity contribution in [1.82, 2.24) is 3.53 Å². The number of esters is 1. The third kappa shape index (κ3) is 2.60. The maximum absolute atomic E-state index is 12.3. The number of alkyl halides is 2. The molecule has 2 aromatic rings. The number of fused-ring (bicyclic) bond motifs is 1. The van der Waals surface area contributed by atoms with E-state index in [9.17, 15) is 9.90 Å². The Morgan fingerprint density at radius 3 is 2.65 bits per heavy atom. The van der Waals surface area contributed by atoms with Gasteiger partial charge in [-0.15, -0.1) is 0 Å². The van der Waals surface area contributed by atoms with Crippen molar-refractivity contribution in [3.05, 3.63) is 36.4 Å². The zero-order chi connectivity index (χ0) is 14.3. The number of hydrogen-bond donors (Lipinski definition) is 2. The number of hydrogen-bond acceptors (Lipinski definition) is 4. The Hall–Kier alpha value is -0.610. The van der Waals surface area contributed by atoms with E-state index in [1.54, 1.807) is 18.2 Å². The molecular weight excluding hydrogens is 484 g/mol. The van der Waals surface area contributed by atoms with Crippen LogP contribution in [0.1, 0.15) is 6.92 Å². The molecule has 1 heterocycles. The standard InChI is InChI=1S/C14H12I2NO3/c1-14(15,12-16-17-12)13(19)20-11-7-6-10(18)8-4-2-3-5-9(8)11/h2-7,12,17-18H,1H3/q-1. The van der Waals surface area contributed by atoms with Gasteiger partial charge in [0.2, 0.25) is 0 Å². The molecule has 1 saturated heterocycles. The summed E-state index contributed by atoms with van der Waals surface area (Å²) in [6.45, 7) is 1.89. The molecule has 2 atom stereocenters. The van der Waals surface area contributed by atoms with E-state index in [2.05, 4.69) is 26.1 Å². The number of ether oxygens (including phenoxy) is 1. The van der Waals surface area contributed by atoms with Crippen LogP contribution in [0.25, 0.3) is 10.8 Å². The van der Waals surface area contributed by atoms with Gasteiger partial charge in [-0.3, -0.25) is 0 Å². The summed E-state index contributed by atoms with van der Waals surface area (Å²) in [5.41, 5.74) is 0. The third-order valence-corrected chi connectivity index (χ3v) is 7.90. The normalized spacial score (nSPS) is 20.8. The van der Waals surface area contributed by atoms with Crippen molar-refractivity contribution < 1.29 is 36.1 Å². The number of carbonyl (C=O) groups excluding carboxylic acids is 1. The monoisotopic (exact) mass is 496 g/mol. The van der Waals surface area contributed by atoms with E-state index in [0.29, 0.717) is 11.1 Å². The average Bonchev–Trinajstić information content (AvgIpc) is 3.27. The van der Waals surface area contributed by atoms with Crippen LogP contribution in [0.15, 0.2) is 36.4 Å². The van der Waals surface area contributed by atoms with Gasteiger partial charge in [-0.05, 0) is 0 Å². The molecule has 1 fully saturated rings. The fourth-order valence-corrected chi connectivity index (χ4v) is 5.18. The summed E-state index contributed by atoms with van der Waals surface area (Å²) in [6, 6.07) is 10.5. The van der Waals surface area contributed by atoms with E-state index in [1.165, 1.54) is 0 Å². The van der Waals surface area contributed by atoms with E-state index >= 15 is 0 Å². The van der Waals surface area contributed by atoms with Crippen LogP contribution in [0.4, 0.5) is 0 Å². The molecule has 0 radical (unpaired) electrons. The molecule has 2 unspecified atom stereocenters. The Kier molecular flexibility index (Phi) is 3.80. The van der Waals surface area contributed by atoms with E-state index in [4.69, 9.17) is 4.74 Å². The molecule has 0 bridgehead atoms. The molecule has 1 aliphatic heterocycles. The Bertz CT molecular complexity index is 683. The molecule has 1 aliphatic rings. The van der Waals surface area contributed by atoms with Crippen molar-refractivity contribution in [3.8, 4) is 11.5 Å². The van der Waals surface area contributed by atoms with Gasteiger partial charge in [-0.25, -0.2) is 0 Å². The first-order valence-electron chi connectivity index (χ1n) is 6.00. The van der Waals surface area contributed by atoms with Crippen LogP contribution in [0.2, 0.25) is 0 Å². The SMILES string of the molecule is CC(I)(C(=O)Oc1ccc(O)c2ccccc12)C1N[I-]1. The summed E-state index contributed by atoms with van der Waals surface area (Å²) in [5, 5.41) is 11.3. The molecule has 106 valence electrons. The first-order valence-corrected chi connectivity index (χ1v) is 9.40. The summed E-state index contributed by atoms with van der Waals surface area (Å²) < 4.78 is 8.56. The van der Waals surface area contributed by atoms with Crippen LogP contribution >= 0.6 is 22.6 Å². The predicted octanol–water partition coefficient (Wildman–Crippen LogP) is -0.422. The first kappa shape index (κ1) is 14.3. The molecule has 6 heteroatoms. The van der Waals surface area contributed by atoms with Crippen LogP contribution in [0.3, 0.4) is 0 Å². The van der Waals surface area contributed by atoms with Gasteiger partial charge < -0.3 is 0 Å². The fourth-order valence-electron chi connectivity index (χ4n) is 1.88. The van der Waals surface area contributed by atoms with Crippen LogP contribution in [-0.4, -0.2) is 18.5 Å². The average molecular weight is 496 g/mol. The van der Waals surface area contributed by atoms with Gasteiger partial charge in [0.15, 0.2) is 0 Å². The summed E-state index contributed by atoms with van der Waals surface area (Å²) in [6.07, 6.45) is 0. The van der Waals surface area contributed by atoms with Gasteiger partial charge in [0.05, 0.1) is 0 Å². The number of phenols is 1. The van der Waals surface area contributed by atoms with Gasteiger partial charge >= 0.3 is 141 Å². The van der Waals surface area contributed by atoms with Crippen molar-refractivity contribution in [2.75, 3.05) is 0 Å². The molecule has 0 saturated carbocycles. The maximum atomic E-state index is 12.3. The molecule has 0 aliphatic carbocycles. The van der Waals surface area contributed by atoms with Crippen molar-refractivity contribution in [1.29, 1.82) is 0 Å². The van der Waals surface area contributed by atoms with E-state index < -0.39 is 3.42 Å². The summed E-state index contributed by atoms with van der Waals surface area (Å²) in [7, 11) is 0. The first-order chi connectivity index (χ1) is 9.50. The molecule has 2 N–H and O–H groups in total. The number of rotatable bonds is 3. The van der Waals surface area contributed by atoms with Gasteiger partial charge in [0.25, 0.3) is 0 Å². The molecule has 2 aromatic carbocycles. The van der Waals surface area contributed by atoms with E-state index in [1.807, 2.05) is 25.1 Å². The summed E-state index contributed by atoms with van der Waals surface area (Å²) >= 11 is 2.09. The Morgan fingerprint density at radius 2 is 2.00 bits per heavy atom. The fraction of sp³-hybridized carbons (Fsp3) is 0.214. The van der Waals surface area contributed by atoms with Crippen LogP contribution in [0.5, 0.6) is 11.5 Å². The van der Waals surface area contributed by atoms with Gasteiger partial charge in [0, 0.05) is 0 Å². The summed E-state index contributed by atoms with van der Waals surface area (Å²) in [5.74, 6) is 0.432. The van der Waals surface area contributed by atoms with E-state index in [-0.39, 0.29) is 37.2 Å². The second-order valence-corrected chi connectivity index (χ2v) is 9.41. The van der Waals surface area contributed by atoms with Crippen LogP contribution < -0.4 is 29.7 Å². The molecule has 0 spiro atoms. The topological polar surface area (TPSA) is 68.5 Å². The zero-order valence-corrected chi connectivity index (χ0v) is 14.9. The molecular formula is C14H12I2NO3-. The number of nitrogens with one attached hydrogen (secondary N) is 1. The van der Waals surface area contributed by atoms with E-state index in [0.717, 1.165) is 5.39 Å². The molecule has 3 rings (SSSR count). The quantitative estimate of drug-likeness (QED) is 0.115. The number of carbonyl (C=O) groups is 1. The van der Waals surface area contributed by atoms with Gasteiger partial charge in [-0.2, -0.15) is 0 Å². The minimum absolute atomic E-state index is 0.0643. The second kappa shape index (κ2) is 5.30. The molecule has 0 amide bonds. The third-order valence-electron chi connectivity index (χ3n) is 3.16. The van der Waals surface area contributed by atoms with Crippen LogP contribution in [0, 0.1) is 0 Å². The molecule has 0 aromatic heterocycles. The minimum atomic E-state index is -0.538. The van der Waals surface area contributed by atoms with Crippen molar-refractivity contribution >= 4 is 39.3 Å². The number of benzene rings is 2. The zero-order valence-electron chi connectivity index (χ0n) is 10.6. The van der Waals surface area contributed by atoms with Gasteiger partial charge in [-0.1, -0.05) is 0 Å². The summed E-state index contributed by atoms with van der Waals surface area (Å²) in [4.78, 5) is 12.3. The second-order valence-electron chi connectivity index (χ2n) is 4.67. The number of aromatic hydroxyl groups is 1. The molecule has 4 nitrogen and oxygen atoms in total.